The second-order valence-electron chi connectivity index (χ2n) is 5.03. The van der Waals surface area contributed by atoms with Gasteiger partial charge in [0.25, 0.3) is 5.82 Å². The maximum Gasteiger partial charge on any atom is 0.508 e. The van der Waals surface area contributed by atoms with Crippen LogP contribution < -0.4 is 10.2 Å². The highest BCUT2D eigenvalue weighted by molar-refractivity contribution is 5.89. The van der Waals surface area contributed by atoms with Gasteiger partial charge in [0.05, 0.1) is 26.4 Å². The Hall–Kier alpha value is -3.64. The van der Waals surface area contributed by atoms with Crippen molar-refractivity contribution in [3.8, 4) is 0 Å². The molecule has 13 nitrogen and oxygen atoms in total. The summed E-state index contributed by atoms with van der Waals surface area (Å²) in [6.07, 6.45) is -2.67. The van der Waals surface area contributed by atoms with E-state index in [1.165, 1.54) is 12.1 Å². The van der Waals surface area contributed by atoms with Crippen molar-refractivity contribution in [1.82, 2.24) is 4.98 Å². The van der Waals surface area contributed by atoms with Gasteiger partial charge in [-0.05, 0) is 36.7 Å². The van der Waals surface area contributed by atoms with Crippen molar-refractivity contribution in [3.63, 3.8) is 0 Å². The molecule has 2 amide bonds. The van der Waals surface area contributed by atoms with E-state index in [1.54, 1.807) is 20.8 Å². The number of nitrogens with zero attached hydrogens (tertiary/aromatic N) is 3. The molecule has 0 aliphatic rings. The van der Waals surface area contributed by atoms with E-state index in [0.29, 0.717) is 0 Å². The number of amides is 2. The molecular formula is C16H22N4O9. The van der Waals surface area contributed by atoms with Crippen molar-refractivity contribution < 1.29 is 38.3 Å². The molecule has 1 aromatic heterocycles. The fourth-order valence-corrected chi connectivity index (χ4v) is 1.98. The third kappa shape index (κ3) is 7.48. The number of ether oxygens (including phenoxy) is 4. The topological polar surface area (TPSA) is 159 Å². The van der Waals surface area contributed by atoms with Gasteiger partial charge < -0.3 is 29.1 Å². The molecule has 1 rings (SSSR count). The van der Waals surface area contributed by atoms with E-state index in [1.807, 2.05) is 0 Å². The van der Waals surface area contributed by atoms with Gasteiger partial charge in [-0.1, -0.05) is 0 Å². The lowest BCUT2D eigenvalue weighted by molar-refractivity contribution is -0.388. The van der Waals surface area contributed by atoms with Crippen LogP contribution in [-0.4, -0.2) is 61.2 Å². The summed E-state index contributed by atoms with van der Waals surface area (Å²) in [7, 11) is 0. The monoisotopic (exact) mass is 414 g/mol. The lowest BCUT2D eigenvalue weighted by Crippen LogP contribution is -2.36. The number of nitro groups is 1. The molecule has 0 saturated carbocycles. The molecule has 0 saturated heterocycles. The first-order valence-corrected chi connectivity index (χ1v) is 8.66. The van der Waals surface area contributed by atoms with Gasteiger partial charge in [0.15, 0.2) is 0 Å². The van der Waals surface area contributed by atoms with Crippen LogP contribution in [0.2, 0.25) is 0 Å². The van der Waals surface area contributed by atoms with Gasteiger partial charge in [-0.2, -0.15) is 0 Å². The average Bonchev–Trinajstić information content (AvgIpc) is 2.66. The first-order chi connectivity index (χ1) is 13.8. The van der Waals surface area contributed by atoms with Gasteiger partial charge in [0, 0.05) is 6.07 Å². The molecular weight excluding hydrogens is 392 g/mol. The summed E-state index contributed by atoms with van der Waals surface area (Å²) in [5.74, 6) is -0.854. The van der Waals surface area contributed by atoms with Crippen molar-refractivity contribution in [3.05, 3.63) is 22.2 Å². The highest BCUT2D eigenvalue weighted by Crippen LogP contribution is 2.26. The predicted molar refractivity (Wildman–Crippen MR) is 98.9 cm³/mol. The molecule has 1 aromatic rings. The van der Waals surface area contributed by atoms with E-state index in [4.69, 9.17) is 9.47 Å². The number of carbonyl (C=O) groups is 3. The minimum absolute atomic E-state index is 0.0403. The van der Waals surface area contributed by atoms with Crippen molar-refractivity contribution in [1.29, 1.82) is 0 Å². The predicted octanol–water partition coefficient (Wildman–Crippen LogP) is 2.69. The van der Waals surface area contributed by atoms with Crippen LogP contribution in [0.15, 0.2) is 12.1 Å². The Kier molecular flexibility index (Phi) is 9.64. The van der Waals surface area contributed by atoms with Gasteiger partial charge in [-0.15, -0.1) is 0 Å². The Morgan fingerprint density at radius 1 is 1.07 bits per heavy atom. The molecule has 0 spiro atoms. The molecule has 0 unspecified atom stereocenters. The van der Waals surface area contributed by atoms with Gasteiger partial charge in [-0.25, -0.2) is 19.3 Å². The van der Waals surface area contributed by atoms with E-state index < -0.39 is 29.1 Å². The van der Waals surface area contributed by atoms with E-state index in [0.717, 1.165) is 4.90 Å². The maximum atomic E-state index is 12.2. The first kappa shape index (κ1) is 23.4. The van der Waals surface area contributed by atoms with Gasteiger partial charge >= 0.3 is 24.2 Å². The fourth-order valence-electron chi connectivity index (χ4n) is 1.98. The highest BCUT2D eigenvalue weighted by Gasteiger charge is 2.27. The SMILES string of the molecule is CCOC(=O)Nc1ccc(N(CCOC(=O)OCC)C(=O)OCC)nc1[N+](=O)[O-]. The molecule has 0 aliphatic heterocycles. The van der Waals surface area contributed by atoms with Crippen LogP contribution >= 0.6 is 0 Å². The number of rotatable bonds is 9. The standard InChI is InChI=1S/C16H22N4O9/c1-4-26-14(21)17-11-7-8-12(18-13(11)20(24)25)19(15(22)27-5-2)9-10-29-16(23)28-6-3/h7-8H,4-6,9-10H2,1-3H3,(H,17,21). The molecule has 0 fully saturated rings. The number of hydrogen-bond acceptors (Lipinski definition) is 10. The number of carbonyl (C=O) groups excluding carboxylic acids is 3. The molecule has 0 atom stereocenters. The summed E-state index contributed by atoms with van der Waals surface area (Å²) in [4.78, 5) is 50.3. The van der Waals surface area contributed by atoms with Crippen LogP contribution in [0.1, 0.15) is 20.8 Å². The highest BCUT2D eigenvalue weighted by atomic mass is 16.7. The zero-order chi connectivity index (χ0) is 21.8. The number of hydrogen-bond donors (Lipinski definition) is 1. The molecule has 1 N–H and O–H groups in total. The van der Waals surface area contributed by atoms with E-state index in [-0.39, 0.29) is 44.5 Å². The van der Waals surface area contributed by atoms with Gasteiger partial charge in [0.2, 0.25) is 0 Å². The molecule has 0 radical (unpaired) electrons. The number of nitrogens with one attached hydrogen (secondary N) is 1. The second kappa shape index (κ2) is 11.9. The zero-order valence-corrected chi connectivity index (χ0v) is 16.2. The quantitative estimate of drug-likeness (QED) is 0.275. The number of pyridine rings is 1. The van der Waals surface area contributed by atoms with Crippen LogP contribution in [0.3, 0.4) is 0 Å². The summed E-state index contributed by atoms with van der Waals surface area (Å²) in [5.41, 5.74) is -0.219. The van der Waals surface area contributed by atoms with Crippen LogP contribution in [0.4, 0.5) is 31.7 Å². The number of anilines is 2. The third-order valence-corrected chi connectivity index (χ3v) is 3.11. The van der Waals surface area contributed by atoms with Crippen molar-refractivity contribution in [2.75, 3.05) is 43.2 Å². The fraction of sp³-hybridized carbons (Fsp3) is 0.500. The Labute approximate surface area is 166 Å². The van der Waals surface area contributed by atoms with Crippen LogP contribution in [0.5, 0.6) is 0 Å². The Morgan fingerprint density at radius 2 is 1.72 bits per heavy atom. The van der Waals surface area contributed by atoms with Crippen LogP contribution in [0, 0.1) is 10.1 Å². The molecule has 1 heterocycles. The Morgan fingerprint density at radius 3 is 2.31 bits per heavy atom. The summed E-state index contributed by atoms with van der Waals surface area (Å²) in [6, 6.07) is 2.45. The molecule has 13 heteroatoms. The summed E-state index contributed by atoms with van der Waals surface area (Å²) >= 11 is 0. The van der Waals surface area contributed by atoms with E-state index in [2.05, 4.69) is 19.8 Å². The maximum absolute atomic E-state index is 12.2. The molecule has 29 heavy (non-hydrogen) atoms. The Bertz CT molecular complexity index is 741. The second-order valence-corrected chi connectivity index (χ2v) is 5.03. The summed E-state index contributed by atoms with van der Waals surface area (Å²) < 4.78 is 19.0. The minimum atomic E-state index is -0.927. The first-order valence-electron chi connectivity index (χ1n) is 8.66. The van der Waals surface area contributed by atoms with Crippen molar-refractivity contribution >= 4 is 35.7 Å². The molecule has 0 aromatic carbocycles. The van der Waals surface area contributed by atoms with E-state index >= 15 is 0 Å². The normalized spacial score (nSPS) is 9.90. The molecule has 0 aliphatic carbocycles. The van der Waals surface area contributed by atoms with Crippen LogP contribution in [0.25, 0.3) is 0 Å². The minimum Gasteiger partial charge on any atom is -0.450 e. The smallest absolute Gasteiger partial charge is 0.450 e. The lowest BCUT2D eigenvalue weighted by Gasteiger charge is -2.18. The van der Waals surface area contributed by atoms with E-state index in [9.17, 15) is 24.5 Å². The van der Waals surface area contributed by atoms with Gasteiger partial charge in [-0.3, -0.25) is 5.32 Å². The van der Waals surface area contributed by atoms with Gasteiger partial charge in [0.1, 0.15) is 12.3 Å². The molecule has 160 valence electrons. The average molecular weight is 414 g/mol. The largest absolute Gasteiger partial charge is 0.508 e. The summed E-state index contributed by atoms with van der Waals surface area (Å²) in [5, 5.41) is 13.5. The molecule has 0 bridgehead atoms. The van der Waals surface area contributed by atoms with Crippen molar-refractivity contribution in [2.45, 2.75) is 20.8 Å². The van der Waals surface area contributed by atoms with Crippen molar-refractivity contribution in [2.24, 2.45) is 0 Å². The summed E-state index contributed by atoms with van der Waals surface area (Å²) in [6.45, 7) is 4.51. The van der Waals surface area contributed by atoms with Crippen LogP contribution in [-0.2, 0) is 18.9 Å². The third-order valence-electron chi connectivity index (χ3n) is 3.11. The zero-order valence-electron chi connectivity index (χ0n) is 16.2. The Balaban J connectivity index is 3.08. The number of aromatic nitrogens is 1. The lowest BCUT2D eigenvalue weighted by atomic mass is 10.3.